The molecule has 0 spiro atoms. The number of aryl methyl sites for hydroxylation is 1. The van der Waals surface area contributed by atoms with Crippen molar-refractivity contribution in [2.45, 2.75) is 69.2 Å². The van der Waals surface area contributed by atoms with E-state index in [4.69, 9.17) is 4.74 Å². The number of amides is 1. The van der Waals surface area contributed by atoms with Gasteiger partial charge in [-0.15, -0.1) is 0 Å². The van der Waals surface area contributed by atoms with Crippen LogP contribution in [0.3, 0.4) is 0 Å². The number of hydrogen-bond donors (Lipinski definition) is 1. The van der Waals surface area contributed by atoms with Crippen molar-refractivity contribution in [2.75, 3.05) is 26.3 Å². The van der Waals surface area contributed by atoms with Gasteiger partial charge in [-0.3, -0.25) is 4.79 Å². The third kappa shape index (κ3) is 4.36. The van der Waals surface area contributed by atoms with Gasteiger partial charge in [0.05, 0.1) is 18.1 Å². The minimum atomic E-state index is -3.47. The van der Waals surface area contributed by atoms with Crippen molar-refractivity contribution in [3.63, 3.8) is 0 Å². The minimum Gasteiger partial charge on any atom is -0.379 e. The highest BCUT2D eigenvalue weighted by molar-refractivity contribution is 7.89. The number of benzene rings is 1. The molecule has 1 aromatic carbocycles. The van der Waals surface area contributed by atoms with E-state index in [0.29, 0.717) is 49.5 Å². The molecule has 4 saturated carbocycles. The summed E-state index contributed by atoms with van der Waals surface area (Å²) < 4.78 is 32.2. The second kappa shape index (κ2) is 8.73. The van der Waals surface area contributed by atoms with E-state index < -0.39 is 10.0 Å². The molecular weight excluding hydrogens is 424 g/mol. The fraction of sp³-hybridized carbons (Fsp3) is 0.720. The van der Waals surface area contributed by atoms with Gasteiger partial charge >= 0.3 is 0 Å². The molecule has 4 bridgehead atoms. The number of sulfonamides is 1. The standard InChI is InChI=1S/C25H36N2O4S/c1-18(25-15-20-12-21(16-25)14-22(13-20)17-25)26-24(28)7-4-19-2-5-23(6-3-19)32(29,30)27-8-10-31-11-9-27/h2-3,5-6,18,20-22H,4,7-17H2,1H3,(H,26,28)/t18-,20?,21?,22?,25?/m1/s1. The summed E-state index contributed by atoms with van der Waals surface area (Å²) in [5.74, 6) is 2.76. The lowest BCUT2D eigenvalue weighted by Crippen LogP contribution is -2.55. The van der Waals surface area contributed by atoms with Crippen molar-refractivity contribution in [1.29, 1.82) is 0 Å². The van der Waals surface area contributed by atoms with Crippen molar-refractivity contribution < 1.29 is 17.9 Å². The second-order valence-electron chi connectivity index (χ2n) is 10.7. The van der Waals surface area contributed by atoms with Crippen LogP contribution in [-0.4, -0.2) is 51.0 Å². The van der Waals surface area contributed by atoms with E-state index in [0.717, 1.165) is 23.3 Å². The number of nitrogens with zero attached hydrogens (tertiary/aromatic N) is 1. The minimum absolute atomic E-state index is 0.110. The fourth-order valence-corrected chi connectivity index (χ4v) is 8.60. The Morgan fingerprint density at radius 3 is 2.19 bits per heavy atom. The van der Waals surface area contributed by atoms with E-state index in [1.165, 1.54) is 42.8 Å². The number of carbonyl (C=O) groups is 1. The van der Waals surface area contributed by atoms with Crippen LogP contribution in [0.15, 0.2) is 29.2 Å². The van der Waals surface area contributed by atoms with E-state index in [1.807, 2.05) is 12.1 Å². The van der Waals surface area contributed by atoms with Gasteiger partial charge in [0, 0.05) is 25.6 Å². The number of morpholine rings is 1. The Labute approximate surface area is 192 Å². The quantitative estimate of drug-likeness (QED) is 0.677. The van der Waals surface area contributed by atoms with Crippen LogP contribution in [0, 0.1) is 23.2 Å². The van der Waals surface area contributed by atoms with Crippen molar-refractivity contribution in [2.24, 2.45) is 23.2 Å². The third-order valence-corrected chi connectivity index (χ3v) is 10.5. The molecule has 176 valence electrons. The molecule has 32 heavy (non-hydrogen) atoms. The summed E-state index contributed by atoms with van der Waals surface area (Å²) >= 11 is 0. The molecule has 0 aromatic heterocycles. The van der Waals surface area contributed by atoms with Crippen LogP contribution in [0.2, 0.25) is 0 Å². The van der Waals surface area contributed by atoms with Crippen LogP contribution < -0.4 is 5.32 Å². The zero-order valence-corrected chi connectivity index (χ0v) is 19.9. The Morgan fingerprint density at radius 1 is 1.06 bits per heavy atom. The summed E-state index contributed by atoms with van der Waals surface area (Å²) in [6.45, 7) is 3.89. The summed E-state index contributed by atoms with van der Waals surface area (Å²) in [6, 6.07) is 7.24. The van der Waals surface area contributed by atoms with Crippen LogP contribution in [0.5, 0.6) is 0 Å². The summed E-state index contributed by atoms with van der Waals surface area (Å²) in [4.78, 5) is 13.0. The molecule has 6 nitrogen and oxygen atoms in total. The third-order valence-electron chi connectivity index (χ3n) is 8.55. The van der Waals surface area contributed by atoms with Gasteiger partial charge in [0.25, 0.3) is 0 Å². The van der Waals surface area contributed by atoms with E-state index in [-0.39, 0.29) is 11.9 Å². The molecule has 1 heterocycles. The Kier molecular flexibility index (Phi) is 6.10. The normalized spacial score (nSPS) is 33.2. The Bertz CT molecular complexity index is 902. The monoisotopic (exact) mass is 460 g/mol. The maximum atomic E-state index is 12.8. The van der Waals surface area contributed by atoms with Crippen LogP contribution in [0.25, 0.3) is 0 Å². The average Bonchev–Trinajstić information content (AvgIpc) is 2.78. The summed E-state index contributed by atoms with van der Waals surface area (Å²) in [7, 11) is -3.47. The smallest absolute Gasteiger partial charge is 0.243 e. The number of ether oxygens (including phenoxy) is 1. The molecule has 4 aliphatic carbocycles. The van der Waals surface area contributed by atoms with Gasteiger partial charge in [0.15, 0.2) is 0 Å². The highest BCUT2D eigenvalue weighted by Crippen LogP contribution is 2.61. The molecule has 1 N–H and O–H groups in total. The average molecular weight is 461 g/mol. The Balaban J connectivity index is 1.14. The van der Waals surface area contributed by atoms with Gasteiger partial charge < -0.3 is 10.1 Å². The van der Waals surface area contributed by atoms with Crippen molar-refractivity contribution in [3.05, 3.63) is 29.8 Å². The van der Waals surface area contributed by atoms with Gasteiger partial charge in [-0.2, -0.15) is 4.31 Å². The fourth-order valence-electron chi connectivity index (χ4n) is 7.20. The van der Waals surface area contributed by atoms with E-state index >= 15 is 0 Å². The van der Waals surface area contributed by atoms with Crippen LogP contribution in [0.4, 0.5) is 0 Å². The van der Waals surface area contributed by atoms with Crippen LogP contribution >= 0.6 is 0 Å². The molecule has 1 aromatic rings. The predicted octanol–water partition coefficient (Wildman–Crippen LogP) is 3.36. The first kappa shape index (κ1) is 22.4. The number of hydrogen-bond acceptors (Lipinski definition) is 4. The molecule has 1 aliphatic heterocycles. The maximum absolute atomic E-state index is 12.8. The summed E-state index contributed by atoms with van der Waals surface area (Å²) in [5, 5.41) is 3.33. The van der Waals surface area contributed by atoms with Crippen molar-refractivity contribution in [1.82, 2.24) is 9.62 Å². The molecule has 5 fully saturated rings. The first-order valence-electron chi connectivity index (χ1n) is 12.3. The number of rotatable bonds is 7. The molecule has 6 rings (SSSR count). The van der Waals surface area contributed by atoms with E-state index in [1.54, 1.807) is 12.1 Å². The number of carbonyl (C=O) groups excluding carboxylic acids is 1. The zero-order chi connectivity index (χ0) is 22.3. The molecule has 7 heteroatoms. The lowest BCUT2D eigenvalue weighted by molar-refractivity contribution is -0.125. The van der Waals surface area contributed by atoms with Gasteiger partial charge in [-0.05, 0) is 92.7 Å². The van der Waals surface area contributed by atoms with Crippen LogP contribution in [-0.2, 0) is 26.0 Å². The predicted molar refractivity (Wildman–Crippen MR) is 123 cm³/mol. The first-order chi connectivity index (χ1) is 15.3. The van der Waals surface area contributed by atoms with Gasteiger partial charge in [-0.1, -0.05) is 12.1 Å². The largest absolute Gasteiger partial charge is 0.379 e. The van der Waals surface area contributed by atoms with Gasteiger partial charge in [0.2, 0.25) is 15.9 Å². The SMILES string of the molecule is C[C@@H](NC(=O)CCc1ccc(S(=O)(=O)N2CCOCC2)cc1)C12CC3CC(CC(C3)C1)C2. The highest BCUT2D eigenvalue weighted by Gasteiger charge is 2.53. The summed E-state index contributed by atoms with van der Waals surface area (Å²) in [5.41, 5.74) is 1.31. The molecule has 1 amide bonds. The number of nitrogens with one attached hydrogen (secondary N) is 1. The van der Waals surface area contributed by atoms with Crippen molar-refractivity contribution in [3.8, 4) is 0 Å². The van der Waals surface area contributed by atoms with Crippen molar-refractivity contribution >= 4 is 15.9 Å². The summed E-state index contributed by atoms with van der Waals surface area (Å²) in [6.07, 6.45) is 9.17. The highest BCUT2D eigenvalue weighted by atomic mass is 32.2. The molecule has 1 atom stereocenters. The van der Waals surface area contributed by atoms with Gasteiger partial charge in [-0.25, -0.2) is 8.42 Å². The molecular formula is C25H36N2O4S. The lowest BCUT2D eigenvalue weighted by atomic mass is 9.48. The molecule has 1 saturated heterocycles. The molecule has 0 unspecified atom stereocenters. The Hall–Kier alpha value is -1.44. The maximum Gasteiger partial charge on any atom is 0.243 e. The molecule has 5 aliphatic rings. The molecule has 0 radical (unpaired) electrons. The lowest BCUT2D eigenvalue weighted by Gasteiger charge is -2.59. The second-order valence-corrected chi connectivity index (χ2v) is 12.7. The van der Waals surface area contributed by atoms with Crippen LogP contribution in [0.1, 0.15) is 57.4 Å². The first-order valence-corrected chi connectivity index (χ1v) is 13.7. The zero-order valence-electron chi connectivity index (χ0n) is 19.1. The van der Waals surface area contributed by atoms with E-state index in [9.17, 15) is 13.2 Å². The van der Waals surface area contributed by atoms with E-state index in [2.05, 4.69) is 12.2 Å². The van der Waals surface area contributed by atoms with Gasteiger partial charge in [0.1, 0.15) is 0 Å². The Morgan fingerprint density at radius 2 is 1.62 bits per heavy atom. The topological polar surface area (TPSA) is 75.7 Å².